The molecule has 0 heterocycles. The van der Waals surface area contributed by atoms with E-state index in [0.717, 1.165) is 15.9 Å². The van der Waals surface area contributed by atoms with Gasteiger partial charge in [-0.05, 0) is 31.5 Å². The van der Waals surface area contributed by atoms with Gasteiger partial charge in [0.15, 0.2) is 0 Å². The van der Waals surface area contributed by atoms with E-state index in [1.54, 1.807) is 12.1 Å². The number of rotatable bonds is 6. The summed E-state index contributed by atoms with van der Waals surface area (Å²) in [4.78, 5) is 22.2. The van der Waals surface area contributed by atoms with Crippen molar-refractivity contribution >= 4 is 27.3 Å². The van der Waals surface area contributed by atoms with Crippen LogP contribution >= 0.6 is 0 Å². The molecule has 138 valence electrons. The van der Waals surface area contributed by atoms with Gasteiger partial charge in [-0.1, -0.05) is 23.8 Å². The molecule has 0 fully saturated rings. The van der Waals surface area contributed by atoms with E-state index in [4.69, 9.17) is 0 Å². The number of aryl methyl sites for hydroxylation is 2. The molecule has 0 unspecified atom stereocenters. The molecule has 0 aliphatic carbocycles. The SMILES string of the molecule is Cc1ccc(NC(=O)CN(C)S(=O)(=O)c2cc([N+](=O)[O-])ccc2C)cc1. The highest BCUT2D eigenvalue weighted by molar-refractivity contribution is 7.89. The number of nitro groups is 1. The second-order valence-corrected chi connectivity index (χ2v) is 7.90. The number of hydrogen-bond donors (Lipinski definition) is 1. The average Bonchev–Trinajstić information content (AvgIpc) is 2.56. The van der Waals surface area contributed by atoms with Gasteiger partial charge in [0.25, 0.3) is 5.69 Å². The number of likely N-dealkylation sites (N-methyl/N-ethyl adjacent to an activating group) is 1. The lowest BCUT2D eigenvalue weighted by molar-refractivity contribution is -0.385. The third kappa shape index (κ3) is 4.44. The summed E-state index contributed by atoms with van der Waals surface area (Å²) in [6.45, 7) is 3.03. The zero-order valence-corrected chi connectivity index (χ0v) is 15.4. The van der Waals surface area contributed by atoms with E-state index in [2.05, 4.69) is 5.32 Å². The first-order valence-electron chi connectivity index (χ1n) is 7.69. The second-order valence-electron chi connectivity index (χ2n) is 5.88. The predicted molar refractivity (Wildman–Crippen MR) is 97.5 cm³/mol. The molecule has 0 aliphatic rings. The van der Waals surface area contributed by atoms with Crippen LogP contribution in [0.1, 0.15) is 11.1 Å². The van der Waals surface area contributed by atoms with E-state index in [-0.39, 0.29) is 10.6 Å². The fourth-order valence-electron chi connectivity index (χ4n) is 2.27. The standard InChI is InChI=1S/C17H19N3O5S/c1-12-4-7-14(8-5-12)18-17(21)11-19(3)26(24,25)16-10-15(20(22)23)9-6-13(16)2/h4-10H,11H2,1-3H3,(H,18,21). The number of carbonyl (C=O) groups is 1. The molecule has 0 bridgehead atoms. The van der Waals surface area contributed by atoms with Crippen LogP contribution in [0.25, 0.3) is 0 Å². The van der Waals surface area contributed by atoms with Crippen LogP contribution in [0.2, 0.25) is 0 Å². The van der Waals surface area contributed by atoms with Crippen molar-refractivity contribution in [3.8, 4) is 0 Å². The van der Waals surface area contributed by atoms with Gasteiger partial charge in [0.2, 0.25) is 15.9 Å². The maximum atomic E-state index is 12.7. The summed E-state index contributed by atoms with van der Waals surface area (Å²) in [5, 5.41) is 13.5. The molecule has 1 N–H and O–H groups in total. The van der Waals surface area contributed by atoms with Gasteiger partial charge in [-0.2, -0.15) is 4.31 Å². The lowest BCUT2D eigenvalue weighted by Crippen LogP contribution is -2.35. The number of amides is 1. The Balaban J connectivity index is 2.18. The highest BCUT2D eigenvalue weighted by atomic mass is 32.2. The summed E-state index contributed by atoms with van der Waals surface area (Å²) >= 11 is 0. The number of sulfonamides is 1. The minimum atomic E-state index is -4.05. The second kappa shape index (κ2) is 7.63. The Labute approximate surface area is 151 Å². The van der Waals surface area contributed by atoms with E-state index in [0.29, 0.717) is 11.3 Å². The molecular weight excluding hydrogens is 358 g/mol. The molecule has 2 rings (SSSR count). The van der Waals surface area contributed by atoms with Gasteiger partial charge >= 0.3 is 0 Å². The van der Waals surface area contributed by atoms with Gasteiger partial charge in [-0.25, -0.2) is 8.42 Å². The van der Waals surface area contributed by atoms with Crippen LogP contribution < -0.4 is 5.32 Å². The summed E-state index contributed by atoms with van der Waals surface area (Å²) in [6.07, 6.45) is 0. The van der Waals surface area contributed by atoms with Crippen LogP contribution in [0.5, 0.6) is 0 Å². The molecule has 0 saturated carbocycles. The number of nitro benzene ring substituents is 1. The first kappa shape index (κ1) is 19.5. The summed E-state index contributed by atoms with van der Waals surface area (Å²) in [7, 11) is -2.80. The lowest BCUT2D eigenvalue weighted by Gasteiger charge is -2.18. The van der Waals surface area contributed by atoms with Crippen molar-refractivity contribution in [3.63, 3.8) is 0 Å². The molecule has 26 heavy (non-hydrogen) atoms. The quantitative estimate of drug-likeness (QED) is 0.614. The average molecular weight is 377 g/mol. The number of hydrogen-bond acceptors (Lipinski definition) is 5. The maximum absolute atomic E-state index is 12.7. The Morgan fingerprint density at radius 3 is 2.35 bits per heavy atom. The highest BCUT2D eigenvalue weighted by Crippen LogP contribution is 2.24. The van der Waals surface area contributed by atoms with E-state index in [1.165, 1.54) is 26.1 Å². The fourth-order valence-corrected chi connectivity index (χ4v) is 3.64. The first-order valence-corrected chi connectivity index (χ1v) is 9.13. The first-order chi connectivity index (χ1) is 12.1. The zero-order valence-electron chi connectivity index (χ0n) is 14.6. The van der Waals surface area contributed by atoms with E-state index >= 15 is 0 Å². The normalized spacial score (nSPS) is 11.4. The van der Waals surface area contributed by atoms with Crippen LogP contribution in [0, 0.1) is 24.0 Å². The van der Waals surface area contributed by atoms with Crippen LogP contribution in [0.4, 0.5) is 11.4 Å². The Hall–Kier alpha value is -2.78. The number of carbonyl (C=O) groups excluding carboxylic acids is 1. The van der Waals surface area contributed by atoms with Crippen LogP contribution in [-0.4, -0.2) is 37.1 Å². The molecule has 2 aromatic carbocycles. The summed E-state index contributed by atoms with van der Waals surface area (Å²) in [6, 6.07) is 10.7. The van der Waals surface area contributed by atoms with Gasteiger partial charge in [0.1, 0.15) is 0 Å². The lowest BCUT2D eigenvalue weighted by atomic mass is 10.2. The van der Waals surface area contributed by atoms with Crippen molar-refractivity contribution in [2.24, 2.45) is 0 Å². The van der Waals surface area contributed by atoms with Gasteiger partial charge < -0.3 is 5.32 Å². The van der Waals surface area contributed by atoms with Crippen molar-refractivity contribution in [2.45, 2.75) is 18.7 Å². The number of non-ortho nitro benzene ring substituents is 1. The Morgan fingerprint density at radius 1 is 1.15 bits per heavy atom. The maximum Gasteiger partial charge on any atom is 0.270 e. The third-order valence-electron chi connectivity index (χ3n) is 3.77. The molecule has 9 heteroatoms. The largest absolute Gasteiger partial charge is 0.325 e. The summed E-state index contributed by atoms with van der Waals surface area (Å²) < 4.78 is 26.2. The molecular formula is C17H19N3O5S. The predicted octanol–water partition coefficient (Wildman–Crippen LogP) is 2.47. The number of nitrogens with one attached hydrogen (secondary N) is 1. The van der Waals surface area contributed by atoms with Crippen molar-refractivity contribution in [1.29, 1.82) is 0 Å². The smallest absolute Gasteiger partial charge is 0.270 e. The molecule has 0 aromatic heterocycles. The Kier molecular flexibility index (Phi) is 5.73. The monoisotopic (exact) mass is 377 g/mol. The Morgan fingerprint density at radius 2 is 1.77 bits per heavy atom. The molecule has 1 amide bonds. The molecule has 8 nitrogen and oxygen atoms in total. The minimum Gasteiger partial charge on any atom is -0.325 e. The highest BCUT2D eigenvalue weighted by Gasteiger charge is 2.26. The summed E-state index contributed by atoms with van der Waals surface area (Å²) in [5.74, 6) is -0.511. The van der Waals surface area contributed by atoms with Crippen LogP contribution in [-0.2, 0) is 14.8 Å². The van der Waals surface area contributed by atoms with Gasteiger partial charge in [-0.3, -0.25) is 14.9 Å². The molecule has 0 atom stereocenters. The fraction of sp³-hybridized carbons (Fsp3) is 0.235. The van der Waals surface area contributed by atoms with Gasteiger partial charge in [0, 0.05) is 24.9 Å². The third-order valence-corrected chi connectivity index (χ3v) is 5.72. The number of nitrogens with zero attached hydrogens (tertiary/aromatic N) is 2. The van der Waals surface area contributed by atoms with Crippen molar-refractivity contribution < 1.29 is 18.1 Å². The van der Waals surface area contributed by atoms with E-state index < -0.39 is 27.4 Å². The molecule has 0 aliphatic heterocycles. The van der Waals surface area contributed by atoms with Crippen molar-refractivity contribution in [2.75, 3.05) is 18.9 Å². The van der Waals surface area contributed by atoms with Crippen LogP contribution in [0.3, 0.4) is 0 Å². The van der Waals surface area contributed by atoms with Crippen molar-refractivity contribution in [1.82, 2.24) is 4.31 Å². The topological polar surface area (TPSA) is 110 Å². The summed E-state index contributed by atoms with van der Waals surface area (Å²) in [5.41, 5.74) is 1.62. The number of benzene rings is 2. The molecule has 0 saturated heterocycles. The molecule has 0 spiro atoms. The molecule has 2 aromatic rings. The van der Waals surface area contributed by atoms with Crippen LogP contribution in [0.15, 0.2) is 47.4 Å². The molecule has 0 radical (unpaired) electrons. The van der Waals surface area contributed by atoms with E-state index in [1.807, 2.05) is 19.1 Å². The number of anilines is 1. The van der Waals surface area contributed by atoms with E-state index in [9.17, 15) is 23.3 Å². The van der Waals surface area contributed by atoms with Gasteiger partial charge in [0.05, 0.1) is 16.4 Å². The Bertz CT molecular complexity index is 939. The minimum absolute atomic E-state index is 0.197. The zero-order chi connectivity index (χ0) is 19.5. The van der Waals surface area contributed by atoms with Gasteiger partial charge in [-0.15, -0.1) is 0 Å². The van der Waals surface area contributed by atoms with Crippen molar-refractivity contribution in [3.05, 3.63) is 63.7 Å².